The lowest BCUT2D eigenvalue weighted by molar-refractivity contribution is -0.0330. The summed E-state index contributed by atoms with van der Waals surface area (Å²) in [4.78, 5) is 6.17. The molecule has 0 aromatic heterocycles. The Morgan fingerprint density at radius 3 is 2.00 bits per heavy atom. The minimum absolute atomic E-state index is 0.343. The summed E-state index contributed by atoms with van der Waals surface area (Å²) in [6, 6.07) is 2.07. The number of hydrogen-bond acceptors (Lipinski definition) is 2. The van der Waals surface area contributed by atoms with Gasteiger partial charge in [-0.3, -0.25) is 4.90 Å². The summed E-state index contributed by atoms with van der Waals surface area (Å²) in [6.07, 6.45) is 11.7. The zero-order chi connectivity index (χ0) is 18.9. The van der Waals surface area contributed by atoms with Gasteiger partial charge in [0.2, 0.25) is 6.85 Å². The SMILES string of the molecule is CC(C)N1B2C3CCCC(CCC3)[C@@H]2N(C(C)C)[C@]2(C)CC[C@H]1C2(C)C. The van der Waals surface area contributed by atoms with Gasteiger partial charge in [-0.05, 0) is 69.6 Å². The van der Waals surface area contributed by atoms with E-state index in [2.05, 4.69) is 58.2 Å². The molecule has 0 amide bonds. The van der Waals surface area contributed by atoms with Gasteiger partial charge in [-0.2, -0.15) is 0 Å². The monoisotopic (exact) mass is 358 g/mol. The second-order valence-corrected chi connectivity index (χ2v) is 11.5. The molecule has 2 nitrogen and oxygen atoms in total. The van der Waals surface area contributed by atoms with Crippen LogP contribution in [0.25, 0.3) is 0 Å². The molecule has 0 spiro atoms. The lowest BCUT2D eigenvalue weighted by Gasteiger charge is -2.54. The Kier molecular flexibility index (Phi) is 4.84. The summed E-state index contributed by atoms with van der Waals surface area (Å²) >= 11 is 0. The largest absolute Gasteiger partial charge is 0.335 e. The van der Waals surface area contributed by atoms with Crippen LogP contribution in [0.1, 0.15) is 99.8 Å². The third-order valence-corrected chi connectivity index (χ3v) is 9.49. The lowest BCUT2D eigenvalue weighted by atomic mass is 9.41. The number of rotatable bonds is 2. The van der Waals surface area contributed by atoms with Crippen molar-refractivity contribution in [3.05, 3.63) is 0 Å². The van der Waals surface area contributed by atoms with E-state index in [0.717, 1.165) is 30.6 Å². The van der Waals surface area contributed by atoms with Crippen molar-refractivity contribution in [2.45, 2.75) is 135 Å². The molecule has 1 saturated carbocycles. The Morgan fingerprint density at radius 2 is 1.46 bits per heavy atom. The summed E-state index contributed by atoms with van der Waals surface area (Å²) in [5.41, 5.74) is 0.706. The molecular formula is C23H43BN2. The fraction of sp³-hybridized carbons (Fsp3) is 1.00. The molecule has 3 saturated heterocycles. The Morgan fingerprint density at radius 1 is 0.846 bits per heavy atom. The van der Waals surface area contributed by atoms with Gasteiger partial charge in [0.15, 0.2) is 0 Å². The Hall–Kier alpha value is -0.0151. The van der Waals surface area contributed by atoms with E-state index in [9.17, 15) is 0 Å². The van der Waals surface area contributed by atoms with Crippen molar-refractivity contribution in [2.24, 2.45) is 11.3 Å². The van der Waals surface area contributed by atoms with Gasteiger partial charge in [-0.25, -0.2) is 0 Å². The third kappa shape index (κ3) is 2.51. The van der Waals surface area contributed by atoms with E-state index in [-0.39, 0.29) is 0 Å². The fourth-order valence-corrected chi connectivity index (χ4v) is 8.22. The maximum absolute atomic E-state index is 3.09. The first-order valence-corrected chi connectivity index (χ1v) is 11.8. The molecule has 0 unspecified atom stereocenters. The van der Waals surface area contributed by atoms with Gasteiger partial charge >= 0.3 is 0 Å². The molecule has 0 aromatic rings. The van der Waals surface area contributed by atoms with Crippen LogP contribution < -0.4 is 0 Å². The molecule has 1 aliphatic carbocycles. The molecule has 4 rings (SSSR count). The normalized spacial score (nSPS) is 43.5. The third-order valence-electron chi connectivity index (χ3n) is 9.49. The molecule has 0 aromatic carbocycles. The van der Waals surface area contributed by atoms with Gasteiger partial charge in [0.1, 0.15) is 0 Å². The van der Waals surface area contributed by atoms with Crippen molar-refractivity contribution in [3.63, 3.8) is 0 Å². The Bertz CT molecular complexity index is 520. The fourth-order valence-electron chi connectivity index (χ4n) is 8.22. The van der Waals surface area contributed by atoms with Crippen molar-refractivity contribution >= 4 is 6.85 Å². The summed E-state index contributed by atoms with van der Waals surface area (Å²) in [5, 5.41) is 0. The highest BCUT2D eigenvalue weighted by Gasteiger charge is 2.65. The minimum atomic E-state index is 0.343. The highest BCUT2D eigenvalue weighted by molar-refractivity contribution is 6.60. The maximum atomic E-state index is 3.09. The second kappa shape index (κ2) is 6.51. The molecule has 0 N–H and O–H groups in total. The van der Waals surface area contributed by atoms with Crippen LogP contribution in [0.4, 0.5) is 0 Å². The zero-order valence-electron chi connectivity index (χ0n) is 18.6. The van der Waals surface area contributed by atoms with Gasteiger partial charge in [0.25, 0.3) is 0 Å². The van der Waals surface area contributed by atoms with Crippen molar-refractivity contribution in [1.82, 2.24) is 9.71 Å². The molecule has 3 heterocycles. The first-order valence-electron chi connectivity index (χ1n) is 11.8. The molecule has 4 fully saturated rings. The van der Waals surface area contributed by atoms with Gasteiger partial charge in [-0.15, -0.1) is 0 Å². The van der Waals surface area contributed by atoms with Crippen LogP contribution in [-0.4, -0.2) is 46.2 Å². The van der Waals surface area contributed by atoms with Crippen LogP contribution in [-0.2, 0) is 0 Å². The van der Waals surface area contributed by atoms with Crippen molar-refractivity contribution in [1.29, 1.82) is 0 Å². The Labute approximate surface area is 163 Å². The molecule has 26 heavy (non-hydrogen) atoms. The number of nitrogens with zero attached hydrogens (tertiary/aromatic N) is 2. The van der Waals surface area contributed by atoms with E-state index in [1.165, 1.54) is 51.4 Å². The van der Waals surface area contributed by atoms with Crippen LogP contribution in [0, 0.1) is 11.3 Å². The van der Waals surface area contributed by atoms with E-state index in [1.54, 1.807) is 0 Å². The lowest BCUT2D eigenvalue weighted by Crippen LogP contribution is -2.65. The summed E-state index contributed by atoms with van der Waals surface area (Å²) < 4.78 is 0. The standard InChI is InChI=1S/C23H43BN2/c1-16(2)25-21-18-10-8-12-19(13-9-11-18)24(21)26(17(3)4)20-14-15-23(25,7)22(20,5)6/h16-21H,8-15H2,1-7H3/t18?,19?,20-,21-,23+/m0/s1. The average molecular weight is 358 g/mol. The topological polar surface area (TPSA) is 6.48 Å². The van der Waals surface area contributed by atoms with E-state index in [4.69, 9.17) is 0 Å². The predicted molar refractivity (Wildman–Crippen MR) is 114 cm³/mol. The van der Waals surface area contributed by atoms with Crippen molar-refractivity contribution in [3.8, 4) is 0 Å². The second-order valence-electron chi connectivity index (χ2n) is 11.5. The van der Waals surface area contributed by atoms with Crippen molar-refractivity contribution in [2.75, 3.05) is 0 Å². The van der Waals surface area contributed by atoms with Crippen LogP contribution in [0.2, 0.25) is 5.82 Å². The molecule has 148 valence electrons. The van der Waals surface area contributed by atoms with Crippen molar-refractivity contribution < 1.29 is 0 Å². The zero-order valence-corrected chi connectivity index (χ0v) is 18.6. The van der Waals surface area contributed by atoms with Crippen LogP contribution in [0.3, 0.4) is 0 Å². The molecule has 3 aliphatic heterocycles. The van der Waals surface area contributed by atoms with Gasteiger partial charge in [-0.1, -0.05) is 53.4 Å². The molecule has 3 heteroatoms. The summed E-state index contributed by atoms with van der Waals surface area (Å²) in [5.74, 6) is 2.62. The molecule has 3 atom stereocenters. The van der Waals surface area contributed by atoms with E-state index in [1.807, 2.05) is 0 Å². The maximum Gasteiger partial charge on any atom is 0.245 e. The average Bonchev–Trinajstić information content (AvgIpc) is 2.66. The number of fused-ring (bicyclic) bond motifs is 2. The quantitative estimate of drug-likeness (QED) is 0.591. The summed E-state index contributed by atoms with van der Waals surface area (Å²) in [6.45, 7) is 18.6. The Balaban J connectivity index is 1.93. The summed E-state index contributed by atoms with van der Waals surface area (Å²) in [7, 11) is 0. The van der Waals surface area contributed by atoms with E-state index in [0.29, 0.717) is 23.0 Å². The first-order chi connectivity index (χ1) is 12.2. The van der Waals surface area contributed by atoms with Crippen LogP contribution >= 0.6 is 0 Å². The smallest absolute Gasteiger partial charge is 0.245 e. The van der Waals surface area contributed by atoms with Gasteiger partial charge in [0.05, 0.1) is 0 Å². The highest BCUT2D eigenvalue weighted by atomic mass is 15.3. The van der Waals surface area contributed by atoms with E-state index >= 15 is 0 Å². The molecule has 4 bridgehead atoms. The molecular weight excluding hydrogens is 315 g/mol. The minimum Gasteiger partial charge on any atom is -0.335 e. The highest BCUT2D eigenvalue weighted by Crippen LogP contribution is 2.59. The predicted octanol–water partition coefficient (Wildman–Crippen LogP) is 5.62. The van der Waals surface area contributed by atoms with Gasteiger partial charge in [0, 0.05) is 23.6 Å². The van der Waals surface area contributed by atoms with Crippen LogP contribution in [0.15, 0.2) is 0 Å². The van der Waals surface area contributed by atoms with Crippen LogP contribution in [0.5, 0.6) is 0 Å². The van der Waals surface area contributed by atoms with Gasteiger partial charge < -0.3 is 4.81 Å². The first kappa shape index (κ1) is 19.3. The molecule has 4 aliphatic rings. The number of hydrogen-bond donors (Lipinski definition) is 0. The molecule has 0 radical (unpaired) electrons. The van der Waals surface area contributed by atoms with E-state index < -0.39 is 0 Å².